The number of carbonyl (C=O) groups is 1. The van der Waals surface area contributed by atoms with Crippen molar-refractivity contribution in [2.45, 2.75) is 104 Å². The van der Waals surface area contributed by atoms with Crippen molar-refractivity contribution >= 4 is 5.97 Å². The van der Waals surface area contributed by atoms with Crippen LogP contribution in [-0.2, 0) is 9.53 Å². The van der Waals surface area contributed by atoms with Gasteiger partial charge in [-0.15, -0.1) is 0 Å². The highest BCUT2D eigenvalue weighted by atomic mass is 16.6. The van der Waals surface area contributed by atoms with Crippen LogP contribution >= 0.6 is 0 Å². The Hall–Kier alpha value is -0.790. The van der Waals surface area contributed by atoms with Crippen molar-refractivity contribution in [2.75, 3.05) is 0 Å². The topological polar surface area (TPSA) is 26.3 Å². The van der Waals surface area contributed by atoms with E-state index in [1.54, 1.807) is 0 Å². The van der Waals surface area contributed by atoms with Gasteiger partial charge in [-0.2, -0.15) is 0 Å². The summed E-state index contributed by atoms with van der Waals surface area (Å²) in [6.45, 7) is 4.49. The van der Waals surface area contributed by atoms with Crippen molar-refractivity contribution in [1.82, 2.24) is 0 Å². The van der Waals surface area contributed by atoms with Gasteiger partial charge in [0.25, 0.3) is 0 Å². The smallest absolute Gasteiger partial charge is 0.321 e. The van der Waals surface area contributed by atoms with Gasteiger partial charge in [-0.3, -0.25) is 4.79 Å². The second kappa shape index (κ2) is 12.7. The number of hydrogen-bond acceptors (Lipinski definition) is 2. The average Bonchev–Trinajstić information content (AvgIpc) is 2.52. The SMILES string of the molecule is CCCCCCCCC=C1OC(=O)C1CCCCCCCC. The van der Waals surface area contributed by atoms with Crippen LogP contribution in [-0.4, -0.2) is 5.97 Å². The van der Waals surface area contributed by atoms with Crippen LogP contribution in [0.3, 0.4) is 0 Å². The third-order valence-electron chi connectivity index (χ3n) is 4.60. The van der Waals surface area contributed by atoms with Gasteiger partial charge in [-0.25, -0.2) is 0 Å². The molecule has 0 bridgehead atoms. The molecular formula is C20H36O2. The van der Waals surface area contributed by atoms with Crippen molar-refractivity contribution in [3.63, 3.8) is 0 Å². The quantitative estimate of drug-likeness (QED) is 0.269. The Morgan fingerprint density at radius 3 is 1.95 bits per heavy atom. The standard InChI is InChI=1S/C20H36O2/c1-3-5-7-9-11-13-15-17-19-18(20(21)22-19)16-14-12-10-8-6-4-2/h17-18H,3-16H2,1-2H3. The first-order chi connectivity index (χ1) is 10.8. The lowest BCUT2D eigenvalue weighted by molar-refractivity contribution is -0.157. The molecule has 22 heavy (non-hydrogen) atoms. The summed E-state index contributed by atoms with van der Waals surface area (Å²) in [6.07, 6.45) is 19.9. The second-order valence-electron chi connectivity index (χ2n) is 6.69. The molecule has 1 fully saturated rings. The number of carbonyl (C=O) groups excluding carboxylic acids is 1. The Labute approximate surface area is 137 Å². The number of esters is 1. The summed E-state index contributed by atoms with van der Waals surface area (Å²) in [5.41, 5.74) is 0. The Kier molecular flexibility index (Phi) is 11.1. The van der Waals surface area contributed by atoms with E-state index in [1.165, 1.54) is 70.6 Å². The molecule has 0 aromatic rings. The minimum atomic E-state index is 0.00255. The van der Waals surface area contributed by atoms with Crippen LogP contribution < -0.4 is 0 Å². The molecule has 1 saturated heterocycles. The molecule has 2 nitrogen and oxygen atoms in total. The summed E-state index contributed by atoms with van der Waals surface area (Å²) in [5.74, 6) is 1.06. The van der Waals surface area contributed by atoms with Gasteiger partial charge in [0, 0.05) is 0 Å². The van der Waals surface area contributed by atoms with E-state index in [0.29, 0.717) is 0 Å². The molecule has 1 unspecified atom stereocenters. The van der Waals surface area contributed by atoms with Gasteiger partial charge in [-0.1, -0.05) is 84.5 Å². The number of cyclic esters (lactones) is 1. The maximum Gasteiger partial charge on any atom is 0.321 e. The predicted octanol–water partition coefficient (Wildman–Crippen LogP) is 6.54. The Morgan fingerprint density at radius 2 is 1.36 bits per heavy atom. The van der Waals surface area contributed by atoms with Crippen LogP contribution in [0.5, 0.6) is 0 Å². The first kappa shape index (κ1) is 19.3. The molecule has 1 atom stereocenters. The van der Waals surface area contributed by atoms with E-state index in [2.05, 4.69) is 19.9 Å². The van der Waals surface area contributed by atoms with Crippen molar-refractivity contribution < 1.29 is 9.53 Å². The summed E-state index contributed by atoms with van der Waals surface area (Å²) in [5, 5.41) is 0. The zero-order valence-electron chi connectivity index (χ0n) is 14.9. The highest BCUT2D eigenvalue weighted by molar-refractivity contribution is 5.82. The van der Waals surface area contributed by atoms with Crippen molar-refractivity contribution in [3.05, 3.63) is 11.8 Å². The summed E-state index contributed by atoms with van der Waals surface area (Å²) in [6, 6.07) is 0. The number of rotatable bonds is 14. The van der Waals surface area contributed by atoms with Gasteiger partial charge in [-0.05, 0) is 25.3 Å². The van der Waals surface area contributed by atoms with E-state index in [4.69, 9.17) is 4.74 Å². The lowest BCUT2D eigenvalue weighted by atomic mass is 9.93. The minimum Gasteiger partial charge on any atom is -0.430 e. The zero-order valence-corrected chi connectivity index (χ0v) is 14.9. The fourth-order valence-corrected chi connectivity index (χ4v) is 3.06. The van der Waals surface area contributed by atoms with E-state index in [1.807, 2.05) is 0 Å². The van der Waals surface area contributed by atoms with Gasteiger partial charge in [0.2, 0.25) is 0 Å². The minimum absolute atomic E-state index is 0.00255. The molecule has 1 aliphatic heterocycles. The highest BCUT2D eigenvalue weighted by Crippen LogP contribution is 2.32. The lowest BCUT2D eigenvalue weighted by Gasteiger charge is -2.28. The van der Waals surface area contributed by atoms with Crippen LogP contribution in [0.15, 0.2) is 11.8 Å². The van der Waals surface area contributed by atoms with E-state index in [-0.39, 0.29) is 11.9 Å². The molecule has 0 amide bonds. The monoisotopic (exact) mass is 308 g/mol. The molecule has 0 spiro atoms. The number of hydrogen-bond donors (Lipinski definition) is 0. The molecule has 1 rings (SSSR count). The van der Waals surface area contributed by atoms with Gasteiger partial charge < -0.3 is 4.74 Å². The molecule has 0 saturated carbocycles. The van der Waals surface area contributed by atoms with Crippen molar-refractivity contribution in [1.29, 1.82) is 0 Å². The van der Waals surface area contributed by atoms with E-state index >= 15 is 0 Å². The van der Waals surface area contributed by atoms with Gasteiger partial charge in [0.15, 0.2) is 0 Å². The van der Waals surface area contributed by atoms with Crippen molar-refractivity contribution in [3.8, 4) is 0 Å². The number of ether oxygens (including phenoxy) is 1. The molecule has 0 aliphatic carbocycles. The molecule has 0 aromatic heterocycles. The summed E-state index contributed by atoms with van der Waals surface area (Å²) in [7, 11) is 0. The maximum atomic E-state index is 11.6. The van der Waals surface area contributed by atoms with Crippen LogP contribution in [0.4, 0.5) is 0 Å². The zero-order chi connectivity index (χ0) is 16.0. The molecule has 1 heterocycles. The summed E-state index contributed by atoms with van der Waals surface area (Å²) >= 11 is 0. The first-order valence-electron chi connectivity index (χ1n) is 9.71. The van der Waals surface area contributed by atoms with Gasteiger partial charge in [0.1, 0.15) is 11.7 Å². The van der Waals surface area contributed by atoms with Crippen LogP contribution in [0.25, 0.3) is 0 Å². The lowest BCUT2D eigenvalue weighted by Crippen LogP contribution is -2.32. The highest BCUT2D eigenvalue weighted by Gasteiger charge is 2.36. The fourth-order valence-electron chi connectivity index (χ4n) is 3.06. The van der Waals surface area contributed by atoms with E-state index < -0.39 is 0 Å². The predicted molar refractivity (Wildman–Crippen MR) is 93.7 cm³/mol. The Balaban J connectivity index is 2.05. The molecule has 1 aliphatic rings. The van der Waals surface area contributed by atoms with Crippen LogP contribution in [0, 0.1) is 5.92 Å². The summed E-state index contributed by atoms with van der Waals surface area (Å²) < 4.78 is 5.21. The first-order valence-corrected chi connectivity index (χ1v) is 9.71. The molecule has 128 valence electrons. The van der Waals surface area contributed by atoms with Gasteiger partial charge in [0.05, 0.1) is 0 Å². The van der Waals surface area contributed by atoms with E-state index in [9.17, 15) is 4.79 Å². The molecule has 2 heteroatoms. The molecule has 0 aromatic carbocycles. The number of unbranched alkanes of at least 4 members (excludes halogenated alkanes) is 11. The average molecular weight is 309 g/mol. The molecule has 0 N–H and O–H groups in total. The summed E-state index contributed by atoms with van der Waals surface area (Å²) in [4.78, 5) is 11.6. The number of allylic oxidation sites excluding steroid dienone is 1. The molecule has 0 radical (unpaired) electrons. The second-order valence-corrected chi connectivity index (χ2v) is 6.69. The maximum absolute atomic E-state index is 11.6. The van der Waals surface area contributed by atoms with Crippen molar-refractivity contribution in [2.24, 2.45) is 5.92 Å². The fraction of sp³-hybridized carbons (Fsp3) is 0.850. The largest absolute Gasteiger partial charge is 0.430 e. The van der Waals surface area contributed by atoms with Gasteiger partial charge >= 0.3 is 5.97 Å². The Bertz CT molecular complexity index is 320. The van der Waals surface area contributed by atoms with Crippen LogP contribution in [0.2, 0.25) is 0 Å². The third kappa shape index (κ3) is 8.00. The molecular weight excluding hydrogens is 272 g/mol. The normalized spacial score (nSPS) is 19.3. The van der Waals surface area contributed by atoms with E-state index in [0.717, 1.165) is 25.0 Å². The van der Waals surface area contributed by atoms with Crippen LogP contribution in [0.1, 0.15) is 104 Å². The third-order valence-corrected chi connectivity index (χ3v) is 4.60. The Morgan fingerprint density at radius 1 is 0.818 bits per heavy atom.